The summed E-state index contributed by atoms with van der Waals surface area (Å²) in [6.45, 7) is 3.97. The van der Waals surface area contributed by atoms with Crippen LogP contribution < -0.4 is 20.7 Å². The van der Waals surface area contributed by atoms with Gasteiger partial charge in [0.1, 0.15) is 5.75 Å². The summed E-state index contributed by atoms with van der Waals surface area (Å²) in [7, 11) is 5.63. The summed E-state index contributed by atoms with van der Waals surface area (Å²) in [4.78, 5) is 6.34. The van der Waals surface area contributed by atoms with E-state index in [1.807, 2.05) is 67.5 Å². The Morgan fingerprint density at radius 3 is 2.22 bits per heavy atom. The van der Waals surface area contributed by atoms with Crippen molar-refractivity contribution in [1.29, 1.82) is 0 Å². The smallest absolute Gasteiger partial charge is 0.198 e. The van der Waals surface area contributed by atoms with Gasteiger partial charge in [-0.2, -0.15) is 0 Å². The SMILES string of the molecule is C=C(N=C(N)Nc1ccc(OC)cc1)c1ccc(N(C)C)cc1. The molecule has 0 atom stereocenters. The molecule has 0 aromatic heterocycles. The van der Waals surface area contributed by atoms with E-state index >= 15 is 0 Å². The monoisotopic (exact) mass is 310 g/mol. The van der Waals surface area contributed by atoms with Gasteiger partial charge in [0.2, 0.25) is 0 Å². The summed E-state index contributed by atoms with van der Waals surface area (Å²) in [6, 6.07) is 15.4. The Kier molecular flexibility index (Phi) is 5.25. The Labute approximate surface area is 137 Å². The summed E-state index contributed by atoms with van der Waals surface area (Å²) >= 11 is 0. The fourth-order valence-corrected chi connectivity index (χ4v) is 2.01. The van der Waals surface area contributed by atoms with Crippen molar-refractivity contribution in [2.75, 3.05) is 31.4 Å². The average Bonchev–Trinajstić information content (AvgIpc) is 2.55. The standard InChI is InChI=1S/C18H22N4O/c1-13(14-5-9-16(10-6-14)22(2)3)20-18(19)21-15-7-11-17(23-4)12-8-15/h5-12H,1H2,2-4H3,(H3,19,20,21). The predicted octanol–water partition coefficient (Wildman–Crippen LogP) is 3.16. The van der Waals surface area contributed by atoms with Gasteiger partial charge in [0.15, 0.2) is 5.96 Å². The number of nitrogens with two attached hydrogens (primary N) is 1. The van der Waals surface area contributed by atoms with E-state index in [-0.39, 0.29) is 5.96 Å². The molecule has 0 radical (unpaired) electrons. The van der Waals surface area contributed by atoms with Gasteiger partial charge < -0.3 is 20.7 Å². The molecule has 0 aliphatic rings. The van der Waals surface area contributed by atoms with Crippen LogP contribution in [0.2, 0.25) is 0 Å². The fourth-order valence-electron chi connectivity index (χ4n) is 2.01. The largest absolute Gasteiger partial charge is 0.497 e. The third-order valence-corrected chi connectivity index (χ3v) is 3.33. The highest BCUT2D eigenvalue weighted by Crippen LogP contribution is 2.19. The molecule has 0 aliphatic carbocycles. The number of nitrogens with one attached hydrogen (secondary N) is 1. The molecule has 3 N–H and O–H groups in total. The molecule has 0 heterocycles. The second-order valence-electron chi connectivity index (χ2n) is 5.24. The zero-order chi connectivity index (χ0) is 16.8. The molecule has 120 valence electrons. The molecule has 2 rings (SSSR count). The molecule has 0 saturated heterocycles. The number of benzene rings is 2. The van der Waals surface area contributed by atoms with Crippen LogP contribution in [0.5, 0.6) is 5.75 Å². The molecule has 0 fully saturated rings. The van der Waals surface area contributed by atoms with Crippen molar-refractivity contribution in [3.63, 3.8) is 0 Å². The number of aliphatic imine (C=N–C) groups is 1. The number of ether oxygens (including phenoxy) is 1. The Balaban J connectivity index is 2.05. The normalized spacial score (nSPS) is 11.0. The first kappa shape index (κ1) is 16.4. The van der Waals surface area contributed by atoms with Crippen LogP contribution in [0.25, 0.3) is 5.70 Å². The zero-order valence-electron chi connectivity index (χ0n) is 13.7. The van der Waals surface area contributed by atoms with Gasteiger partial charge in [-0.15, -0.1) is 0 Å². The van der Waals surface area contributed by atoms with E-state index in [9.17, 15) is 0 Å². The molecule has 0 spiro atoms. The third-order valence-electron chi connectivity index (χ3n) is 3.33. The van der Waals surface area contributed by atoms with Crippen molar-refractivity contribution in [3.8, 4) is 5.75 Å². The summed E-state index contributed by atoms with van der Waals surface area (Å²) in [5.41, 5.74) is 9.42. The zero-order valence-corrected chi connectivity index (χ0v) is 13.7. The van der Waals surface area contributed by atoms with Crippen LogP contribution in [0.1, 0.15) is 5.56 Å². The molecule has 5 heteroatoms. The van der Waals surface area contributed by atoms with Crippen LogP contribution >= 0.6 is 0 Å². The molecule has 0 amide bonds. The fraction of sp³-hybridized carbons (Fsp3) is 0.167. The lowest BCUT2D eigenvalue weighted by Gasteiger charge is -2.13. The van der Waals surface area contributed by atoms with Crippen molar-refractivity contribution in [2.45, 2.75) is 0 Å². The number of hydrogen-bond donors (Lipinski definition) is 2. The first-order valence-corrected chi connectivity index (χ1v) is 7.21. The number of nitrogens with zero attached hydrogens (tertiary/aromatic N) is 2. The summed E-state index contributed by atoms with van der Waals surface area (Å²) in [6.07, 6.45) is 0. The van der Waals surface area contributed by atoms with E-state index in [4.69, 9.17) is 10.5 Å². The molecule has 23 heavy (non-hydrogen) atoms. The van der Waals surface area contributed by atoms with Gasteiger partial charge in [-0.25, -0.2) is 4.99 Å². The van der Waals surface area contributed by atoms with E-state index < -0.39 is 0 Å². The number of guanidine groups is 1. The van der Waals surface area contributed by atoms with E-state index in [0.29, 0.717) is 5.70 Å². The highest BCUT2D eigenvalue weighted by Gasteiger charge is 2.01. The van der Waals surface area contributed by atoms with Crippen molar-refractivity contribution < 1.29 is 4.74 Å². The second-order valence-corrected chi connectivity index (χ2v) is 5.24. The minimum atomic E-state index is 0.289. The van der Waals surface area contributed by atoms with Crippen LogP contribution in [-0.2, 0) is 0 Å². The Bertz CT molecular complexity index is 688. The molecular weight excluding hydrogens is 288 g/mol. The highest BCUT2D eigenvalue weighted by molar-refractivity contribution is 5.95. The van der Waals surface area contributed by atoms with Crippen molar-refractivity contribution in [1.82, 2.24) is 0 Å². The van der Waals surface area contributed by atoms with Gasteiger partial charge in [-0.3, -0.25) is 0 Å². The summed E-state index contributed by atoms with van der Waals surface area (Å²) in [5, 5.41) is 3.03. The van der Waals surface area contributed by atoms with Crippen LogP contribution in [-0.4, -0.2) is 27.2 Å². The van der Waals surface area contributed by atoms with E-state index in [1.54, 1.807) is 7.11 Å². The first-order chi connectivity index (χ1) is 11.0. The quantitative estimate of drug-likeness (QED) is 0.658. The molecule has 0 unspecified atom stereocenters. The molecule has 0 aliphatic heterocycles. The van der Waals surface area contributed by atoms with Gasteiger partial charge in [0, 0.05) is 25.5 Å². The average molecular weight is 310 g/mol. The van der Waals surface area contributed by atoms with Gasteiger partial charge in [-0.05, 0) is 42.0 Å². The van der Waals surface area contributed by atoms with Gasteiger partial charge in [-0.1, -0.05) is 18.7 Å². The highest BCUT2D eigenvalue weighted by atomic mass is 16.5. The lowest BCUT2D eigenvalue weighted by Crippen LogP contribution is -2.22. The topological polar surface area (TPSA) is 62.9 Å². The van der Waals surface area contributed by atoms with Gasteiger partial charge >= 0.3 is 0 Å². The maximum absolute atomic E-state index is 5.93. The number of rotatable bonds is 5. The minimum Gasteiger partial charge on any atom is -0.497 e. The number of anilines is 2. The minimum absolute atomic E-state index is 0.289. The molecular formula is C18H22N4O. The molecule has 2 aromatic carbocycles. The number of methoxy groups -OCH3 is 1. The van der Waals surface area contributed by atoms with Crippen LogP contribution in [0.4, 0.5) is 11.4 Å². The van der Waals surface area contributed by atoms with Gasteiger partial charge in [0.25, 0.3) is 0 Å². The van der Waals surface area contributed by atoms with Crippen molar-refractivity contribution >= 4 is 23.0 Å². The van der Waals surface area contributed by atoms with Crippen LogP contribution in [0.15, 0.2) is 60.1 Å². The predicted molar refractivity (Wildman–Crippen MR) is 98.0 cm³/mol. The first-order valence-electron chi connectivity index (χ1n) is 7.21. The summed E-state index contributed by atoms with van der Waals surface area (Å²) < 4.78 is 5.12. The lowest BCUT2D eigenvalue weighted by atomic mass is 10.1. The van der Waals surface area contributed by atoms with E-state index in [1.165, 1.54) is 0 Å². The van der Waals surface area contributed by atoms with Gasteiger partial charge in [0.05, 0.1) is 12.8 Å². The maximum Gasteiger partial charge on any atom is 0.198 e. The summed E-state index contributed by atoms with van der Waals surface area (Å²) in [5.74, 6) is 1.08. The van der Waals surface area contributed by atoms with Crippen LogP contribution in [0.3, 0.4) is 0 Å². The molecule has 5 nitrogen and oxygen atoms in total. The lowest BCUT2D eigenvalue weighted by molar-refractivity contribution is 0.415. The molecule has 2 aromatic rings. The Morgan fingerprint density at radius 2 is 1.70 bits per heavy atom. The number of hydrogen-bond acceptors (Lipinski definition) is 3. The van der Waals surface area contributed by atoms with Crippen LogP contribution in [0, 0.1) is 0 Å². The second kappa shape index (κ2) is 7.35. The Hall–Kier alpha value is -2.95. The van der Waals surface area contributed by atoms with E-state index in [0.717, 1.165) is 22.7 Å². The molecule has 0 bridgehead atoms. The van der Waals surface area contributed by atoms with Crippen molar-refractivity contribution in [3.05, 3.63) is 60.7 Å². The maximum atomic E-state index is 5.93. The van der Waals surface area contributed by atoms with Crippen molar-refractivity contribution in [2.24, 2.45) is 10.7 Å². The van der Waals surface area contributed by atoms with E-state index in [2.05, 4.69) is 16.9 Å². The Morgan fingerprint density at radius 1 is 1.09 bits per heavy atom. The molecule has 0 saturated carbocycles. The third kappa shape index (κ3) is 4.51.